The molecule has 1 aromatic heterocycles. The van der Waals surface area contributed by atoms with E-state index in [0.717, 1.165) is 60.6 Å². The van der Waals surface area contributed by atoms with Gasteiger partial charge >= 0.3 is 6.18 Å². The molecule has 0 spiro atoms. The fraction of sp³-hybridized carbons (Fsp3) is 0.360. The summed E-state index contributed by atoms with van der Waals surface area (Å²) >= 11 is 0. The van der Waals surface area contributed by atoms with Crippen LogP contribution in [0.5, 0.6) is 0 Å². The Bertz CT molecular complexity index is 1120. The van der Waals surface area contributed by atoms with Crippen LogP contribution in [-0.2, 0) is 6.18 Å². The second-order valence-corrected chi connectivity index (χ2v) is 8.51. The second-order valence-electron chi connectivity index (χ2n) is 8.51. The van der Waals surface area contributed by atoms with E-state index in [0.29, 0.717) is 5.69 Å². The van der Waals surface area contributed by atoms with Crippen molar-refractivity contribution in [1.29, 1.82) is 5.26 Å². The Hall–Kier alpha value is -3.27. The zero-order valence-corrected chi connectivity index (χ0v) is 18.1. The lowest BCUT2D eigenvalue weighted by molar-refractivity contribution is -0.137. The van der Waals surface area contributed by atoms with Crippen LogP contribution in [0.1, 0.15) is 43.9 Å². The highest BCUT2D eigenvalue weighted by molar-refractivity contribution is 5.69. The summed E-state index contributed by atoms with van der Waals surface area (Å²) in [4.78, 5) is 2.28. The van der Waals surface area contributed by atoms with Crippen molar-refractivity contribution in [2.75, 3.05) is 18.0 Å². The lowest BCUT2D eigenvalue weighted by atomic mass is 9.97. The number of piperidine rings is 1. The molecule has 2 heterocycles. The molecular formula is C25H25F3N4. The molecule has 0 bridgehead atoms. The van der Waals surface area contributed by atoms with Gasteiger partial charge in [0, 0.05) is 36.5 Å². The molecule has 0 saturated carbocycles. The van der Waals surface area contributed by atoms with Crippen molar-refractivity contribution in [1.82, 2.24) is 9.78 Å². The molecule has 3 aromatic rings. The van der Waals surface area contributed by atoms with Crippen molar-refractivity contribution < 1.29 is 13.2 Å². The standard InChI is InChI=1S/C25H25F3N4/c1-17(2)24-23(16-32(30-24)22-5-3-4-20(14-22)25(26,27)28)19-6-8-21(9-7-19)31-12-10-18(15-29)11-13-31/h3-9,14,16-18H,10-13H2,1-2H3. The summed E-state index contributed by atoms with van der Waals surface area (Å²) in [6.07, 6.45) is -0.846. The molecule has 7 heteroatoms. The molecule has 0 amide bonds. The van der Waals surface area contributed by atoms with Gasteiger partial charge in [-0.2, -0.15) is 23.5 Å². The van der Waals surface area contributed by atoms with Gasteiger partial charge in [-0.1, -0.05) is 32.0 Å². The number of rotatable bonds is 4. The van der Waals surface area contributed by atoms with Crippen LogP contribution < -0.4 is 4.90 Å². The molecule has 0 unspecified atom stereocenters. The van der Waals surface area contributed by atoms with Gasteiger partial charge in [0.1, 0.15) is 0 Å². The molecule has 1 saturated heterocycles. The molecule has 166 valence electrons. The predicted octanol–water partition coefficient (Wildman–Crippen LogP) is 6.42. The van der Waals surface area contributed by atoms with E-state index in [4.69, 9.17) is 5.26 Å². The van der Waals surface area contributed by atoms with E-state index < -0.39 is 11.7 Å². The molecule has 0 atom stereocenters. The smallest absolute Gasteiger partial charge is 0.371 e. The number of nitrogens with zero attached hydrogens (tertiary/aromatic N) is 4. The van der Waals surface area contributed by atoms with Gasteiger partial charge in [0.2, 0.25) is 0 Å². The number of nitriles is 1. The van der Waals surface area contributed by atoms with E-state index in [1.54, 1.807) is 12.3 Å². The van der Waals surface area contributed by atoms with Gasteiger partial charge in [0.15, 0.2) is 0 Å². The number of aromatic nitrogens is 2. The van der Waals surface area contributed by atoms with Crippen molar-refractivity contribution in [2.24, 2.45) is 5.92 Å². The highest BCUT2D eigenvalue weighted by atomic mass is 19.4. The maximum Gasteiger partial charge on any atom is 0.416 e. The third-order valence-corrected chi connectivity index (χ3v) is 5.95. The normalized spacial score (nSPS) is 15.2. The summed E-state index contributed by atoms with van der Waals surface area (Å²) in [6, 6.07) is 15.8. The van der Waals surface area contributed by atoms with Gasteiger partial charge in [0.05, 0.1) is 23.0 Å². The Kier molecular flexibility index (Phi) is 5.96. The molecule has 4 nitrogen and oxygen atoms in total. The van der Waals surface area contributed by atoms with Gasteiger partial charge in [-0.05, 0) is 54.7 Å². The highest BCUT2D eigenvalue weighted by Crippen LogP contribution is 2.33. The molecule has 32 heavy (non-hydrogen) atoms. The van der Waals surface area contributed by atoms with E-state index in [1.807, 2.05) is 26.0 Å². The second kappa shape index (κ2) is 8.70. The number of halogens is 3. The van der Waals surface area contributed by atoms with Gasteiger partial charge in [-0.25, -0.2) is 4.68 Å². The Morgan fingerprint density at radius 1 is 1.03 bits per heavy atom. The first-order valence-corrected chi connectivity index (χ1v) is 10.8. The van der Waals surface area contributed by atoms with Crippen LogP contribution in [0.25, 0.3) is 16.8 Å². The van der Waals surface area contributed by atoms with Crippen molar-refractivity contribution in [2.45, 2.75) is 38.8 Å². The first kappa shape index (κ1) is 21.9. The Labute approximate surface area is 185 Å². The number of anilines is 1. The molecular weight excluding hydrogens is 413 g/mol. The van der Waals surface area contributed by atoms with Crippen LogP contribution in [0.15, 0.2) is 54.7 Å². The number of hydrogen-bond acceptors (Lipinski definition) is 3. The number of benzene rings is 2. The van der Waals surface area contributed by atoms with Crippen molar-refractivity contribution in [3.05, 3.63) is 66.0 Å². The molecule has 0 radical (unpaired) electrons. The predicted molar refractivity (Wildman–Crippen MR) is 119 cm³/mol. The first-order valence-electron chi connectivity index (χ1n) is 10.8. The van der Waals surface area contributed by atoms with E-state index in [9.17, 15) is 13.2 Å². The molecule has 4 rings (SSSR count). The maximum absolute atomic E-state index is 13.1. The zero-order chi connectivity index (χ0) is 22.9. The van der Waals surface area contributed by atoms with Crippen molar-refractivity contribution in [3.63, 3.8) is 0 Å². The monoisotopic (exact) mass is 438 g/mol. The summed E-state index contributed by atoms with van der Waals surface area (Å²) in [7, 11) is 0. The minimum absolute atomic E-state index is 0.113. The van der Waals surface area contributed by atoms with Gasteiger partial charge < -0.3 is 4.90 Å². The first-order chi connectivity index (χ1) is 15.3. The fourth-order valence-electron chi connectivity index (χ4n) is 4.11. The third kappa shape index (κ3) is 4.50. The molecule has 1 aliphatic rings. The molecule has 1 fully saturated rings. The fourth-order valence-corrected chi connectivity index (χ4v) is 4.11. The molecule has 0 N–H and O–H groups in total. The largest absolute Gasteiger partial charge is 0.416 e. The van der Waals surface area contributed by atoms with Crippen LogP contribution in [0.3, 0.4) is 0 Å². The third-order valence-electron chi connectivity index (χ3n) is 5.95. The summed E-state index contributed by atoms with van der Waals surface area (Å²) in [5.41, 5.74) is 3.52. The van der Waals surface area contributed by atoms with Gasteiger partial charge in [-0.15, -0.1) is 0 Å². The quantitative estimate of drug-likeness (QED) is 0.472. The Morgan fingerprint density at radius 3 is 2.31 bits per heavy atom. The van der Waals surface area contributed by atoms with Crippen molar-refractivity contribution >= 4 is 5.69 Å². The van der Waals surface area contributed by atoms with Crippen LogP contribution in [0.2, 0.25) is 0 Å². The average molecular weight is 438 g/mol. The average Bonchev–Trinajstić information content (AvgIpc) is 3.25. The SMILES string of the molecule is CC(C)c1nn(-c2cccc(C(F)(F)F)c2)cc1-c1ccc(N2CCC(C#N)CC2)cc1. The summed E-state index contributed by atoms with van der Waals surface area (Å²) < 4.78 is 41.0. The maximum atomic E-state index is 13.1. The Morgan fingerprint density at radius 2 is 1.72 bits per heavy atom. The van der Waals surface area contributed by atoms with Crippen LogP contribution in [0, 0.1) is 17.2 Å². The Balaban J connectivity index is 1.63. The molecule has 0 aliphatic carbocycles. The minimum atomic E-state index is -4.40. The highest BCUT2D eigenvalue weighted by Gasteiger charge is 2.30. The molecule has 2 aromatic carbocycles. The van der Waals surface area contributed by atoms with Crippen LogP contribution in [-0.4, -0.2) is 22.9 Å². The van der Waals surface area contributed by atoms with Gasteiger partial charge in [-0.3, -0.25) is 0 Å². The summed E-state index contributed by atoms with van der Waals surface area (Å²) in [5.74, 6) is 0.252. The van der Waals surface area contributed by atoms with Crippen molar-refractivity contribution in [3.8, 4) is 22.9 Å². The van der Waals surface area contributed by atoms with Crippen LogP contribution in [0.4, 0.5) is 18.9 Å². The number of alkyl halides is 3. The number of hydrogen-bond donors (Lipinski definition) is 0. The van der Waals surface area contributed by atoms with E-state index >= 15 is 0 Å². The van der Waals surface area contributed by atoms with Gasteiger partial charge in [0.25, 0.3) is 0 Å². The topological polar surface area (TPSA) is 44.9 Å². The lowest BCUT2D eigenvalue weighted by Gasteiger charge is -2.31. The summed E-state index contributed by atoms with van der Waals surface area (Å²) in [5, 5.41) is 13.7. The lowest BCUT2D eigenvalue weighted by Crippen LogP contribution is -2.33. The van der Waals surface area contributed by atoms with E-state index in [1.165, 1.54) is 10.7 Å². The zero-order valence-electron chi connectivity index (χ0n) is 18.1. The molecule has 1 aliphatic heterocycles. The summed E-state index contributed by atoms with van der Waals surface area (Å²) in [6.45, 7) is 5.77. The van der Waals surface area contributed by atoms with Crippen LogP contribution >= 0.6 is 0 Å². The van der Waals surface area contributed by atoms with E-state index in [2.05, 4.69) is 28.2 Å². The minimum Gasteiger partial charge on any atom is -0.371 e. The van der Waals surface area contributed by atoms with E-state index in [-0.39, 0.29) is 11.8 Å².